The van der Waals surface area contributed by atoms with Crippen LogP contribution in [0.2, 0.25) is 15.1 Å². The van der Waals surface area contributed by atoms with Gasteiger partial charge in [-0.3, -0.25) is 18.2 Å². The fourth-order valence-electron chi connectivity index (χ4n) is 16.8. The molecule has 0 unspecified atom stereocenters. The van der Waals surface area contributed by atoms with E-state index in [1.54, 1.807) is 38.0 Å². The van der Waals surface area contributed by atoms with Crippen molar-refractivity contribution in [2.45, 2.75) is 140 Å². The number of hydrogen-bond donors (Lipinski definition) is 6. The van der Waals surface area contributed by atoms with Crippen LogP contribution in [0.15, 0.2) is 152 Å². The Morgan fingerprint density at radius 2 is 0.925 bits per heavy atom. The Bertz CT molecular complexity index is 5420. The molecule has 3 aliphatic heterocycles. The lowest BCUT2D eigenvalue weighted by atomic mass is 9.73. The Morgan fingerprint density at radius 1 is 0.477 bits per heavy atom. The number of methoxy groups -OCH3 is 1. The molecule has 107 heavy (non-hydrogen) atoms. The number of pyridine rings is 4. The number of hydrogen-bond acceptors (Lipinski definition) is 23. The van der Waals surface area contributed by atoms with Gasteiger partial charge in [0.15, 0.2) is 16.9 Å². The van der Waals surface area contributed by atoms with Crippen LogP contribution in [0, 0.1) is 43.9 Å². The lowest BCUT2D eigenvalue weighted by molar-refractivity contribution is 0.186. The smallest absolute Gasteiger partial charge is 0.211 e. The van der Waals surface area contributed by atoms with Gasteiger partial charge in [-0.15, -0.1) is 0 Å². The molecule has 0 radical (unpaired) electrons. The summed E-state index contributed by atoms with van der Waals surface area (Å²) in [5.41, 5.74) is 52.3. The van der Waals surface area contributed by atoms with E-state index in [4.69, 9.17) is 98.9 Å². The third kappa shape index (κ3) is 13.1. The van der Waals surface area contributed by atoms with E-state index in [-0.39, 0.29) is 40.2 Å². The molecule has 0 bridgehead atoms. The van der Waals surface area contributed by atoms with Crippen molar-refractivity contribution in [3.8, 4) is 5.75 Å². The highest BCUT2D eigenvalue weighted by atomic mass is 35.5. The number of ether oxygens (including phenoxy) is 1. The number of aromatic nitrogens is 13. The fraction of sp³-hybridized carbons (Fsp3) is 0.351. The van der Waals surface area contributed by atoms with Crippen LogP contribution in [0.4, 0.5) is 39.7 Å². The maximum absolute atomic E-state index is 14.3. The molecule has 2 aromatic carbocycles. The zero-order chi connectivity index (χ0) is 74.4. The van der Waals surface area contributed by atoms with E-state index in [9.17, 15) is 4.39 Å². The maximum Gasteiger partial charge on any atom is 0.211 e. The standard InChI is InChI=1S/C27H30ClN7OS.C25H25ClFN7S.C25H27ClN8S/c1-15-14-35-25(32-15)22(37-20-6-9-31-24(30)21(20)28)16(2)33-26(35)34-10-7-27(8-11-34)13-17-4-5-18(36-3)12-19(17)23(27)29;26-19-18(5-8-30-22(19)29)35-20-17(14-27)32-24(34-12-9-31-23(20)34)33-10-6-25(7-11-33)13-15-3-1-2-4-16(15)21(25)28;1-14-13-34-23(31-14)20(35-18-5-9-30-22(28)19(18)26)15(2)32-24(34)33-10-6-25(7-11-33)12-17-16(21(25)27)4-3-8-29-17/h4-6,9,12,14,23H,7-8,10-11,13,29H2,1-3H3,(H2,30,31);1-5,8-9,12,21H,6-7,10-11,13-14,28H2,(H2,29,30);3-5,8-9,13,21H,6-7,10-12,27H2,1-2H3,(H2,28,30)/t23-;2*21-/m111/s1. The van der Waals surface area contributed by atoms with Crippen LogP contribution in [0.3, 0.4) is 0 Å². The molecule has 0 amide bonds. The summed E-state index contributed by atoms with van der Waals surface area (Å²) in [6, 6.07) is 24.5. The molecule has 12 N–H and O–H groups in total. The Balaban J connectivity index is 0.000000123. The first-order chi connectivity index (χ1) is 51.7. The van der Waals surface area contributed by atoms with Crippen molar-refractivity contribution in [3.05, 3.63) is 199 Å². The molecule has 23 nitrogen and oxygen atoms in total. The van der Waals surface area contributed by atoms with Crippen molar-refractivity contribution in [1.29, 1.82) is 0 Å². The number of piperidine rings is 3. The first-order valence-electron chi connectivity index (χ1n) is 35.7. The quantitative estimate of drug-likeness (QED) is 0.0701. The summed E-state index contributed by atoms with van der Waals surface area (Å²) >= 11 is 23.6. The molecule has 3 aliphatic carbocycles. The van der Waals surface area contributed by atoms with Gasteiger partial charge in [-0.25, -0.2) is 49.2 Å². The number of nitrogens with zero attached hydrogens (tertiary/aromatic N) is 16. The van der Waals surface area contributed by atoms with E-state index in [1.807, 2.05) is 68.8 Å². The predicted octanol–water partition coefficient (Wildman–Crippen LogP) is 14.2. The molecule has 6 aliphatic rings. The van der Waals surface area contributed by atoms with Crippen molar-refractivity contribution < 1.29 is 9.13 Å². The number of nitrogens with two attached hydrogens (primary N) is 6. The van der Waals surface area contributed by atoms with E-state index in [2.05, 4.69) is 103 Å². The highest BCUT2D eigenvalue weighted by Gasteiger charge is 2.50. The minimum atomic E-state index is -0.713. The van der Waals surface area contributed by atoms with Gasteiger partial charge in [0.25, 0.3) is 0 Å². The lowest BCUT2D eigenvalue weighted by Crippen LogP contribution is -2.45. The van der Waals surface area contributed by atoms with E-state index in [1.165, 1.54) is 63.1 Å². The molecule has 552 valence electrons. The van der Waals surface area contributed by atoms with Gasteiger partial charge in [0.05, 0.1) is 65.3 Å². The van der Waals surface area contributed by atoms with Crippen molar-refractivity contribution in [2.24, 2.45) is 33.4 Å². The number of aryl methyl sites for hydroxylation is 4. The second-order valence-corrected chi connectivity index (χ2v) is 33.2. The molecule has 18 rings (SSSR count). The summed E-state index contributed by atoms with van der Waals surface area (Å²) in [5, 5.41) is 1.24. The van der Waals surface area contributed by atoms with Gasteiger partial charge in [-0.1, -0.05) is 106 Å². The highest BCUT2D eigenvalue weighted by molar-refractivity contribution is 8.00. The number of anilines is 6. The van der Waals surface area contributed by atoms with Crippen LogP contribution in [0.1, 0.15) is 119 Å². The monoisotopic (exact) mass is 1550 g/mol. The first-order valence-corrected chi connectivity index (χ1v) is 39.3. The Hall–Kier alpha value is -8.77. The molecule has 30 heteroatoms. The maximum atomic E-state index is 14.3. The van der Waals surface area contributed by atoms with E-state index in [0.29, 0.717) is 53.8 Å². The molecule has 3 saturated heterocycles. The van der Waals surface area contributed by atoms with Gasteiger partial charge in [0, 0.05) is 127 Å². The van der Waals surface area contributed by atoms with Crippen LogP contribution in [-0.2, 0) is 25.9 Å². The second kappa shape index (κ2) is 29.0. The minimum absolute atomic E-state index is 0.0151. The summed E-state index contributed by atoms with van der Waals surface area (Å²) in [7, 11) is 1.70. The van der Waals surface area contributed by atoms with Crippen molar-refractivity contribution in [1.82, 2.24) is 63.0 Å². The van der Waals surface area contributed by atoms with Gasteiger partial charge >= 0.3 is 0 Å². The lowest BCUT2D eigenvalue weighted by Gasteiger charge is -2.42. The zero-order valence-electron chi connectivity index (χ0n) is 59.9. The van der Waals surface area contributed by atoms with Gasteiger partial charge < -0.3 is 53.8 Å². The second-order valence-electron chi connectivity index (χ2n) is 28.9. The number of nitrogen functional groups attached to an aromatic ring is 3. The van der Waals surface area contributed by atoms with Crippen molar-refractivity contribution >= 4 is 122 Å². The predicted molar refractivity (Wildman–Crippen MR) is 423 cm³/mol. The summed E-state index contributed by atoms with van der Waals surface area (Å²) in [6.07, 6.45) is 23.4. The molecule has 3 fully saturated rings. The number of alkyl halides is 1. The number of benzene rings is 2. The van der Waals surface area contributed by atoms with Gasteiger partial charge in [0.2, 0.25) is 17.8 Å². The molecule has 13 heterocycles. The van der Waals surface area contributed by atoms with Crippen molar-refractivity contribution in [2.75, 3.05) is 78.3 Å². The topological polar surface area (TPSA) is 317 Å². The van der Waals surface area contributed by atoms with Gasteiger partial charge in [-0.05, 0) is 166 Å². The molecule has 3 atom stereocenters. The zero-order valence-corrected chi connectivity index (χ0v) is 64.6. The summed E-state index contributed by atoms with van der Waals surface area (Å²) in [6.45, 7) is 12.5. The van der Waals surface area contributed by atoms with Crippen LogP contribution in [0.5, 0.6) is 5.75 Å². The number of imidazole rings is 3. The average Bonchev–Trinajstić information content (AvgIpc) is 1.63. The molecule has 3 spiro atoms. The first kappa shape index (κ1) is 72.4. The highest BCUT2D eigenvalue weighted by Crippen LogP contribution is 2.55. The largest absolute Gasteiger partial charge is 0.497 e. The SMILES string of the molecule is COc1ccc2c(c1)[C@@H](N)C1(CCN(c3nc(C)c(Sc4ccnc(N)c4Cl)c4nc(C)cn34)CC1)C2.Cc1cn2c(N3CCC4(CC3)Cc3ncccc3[C@H]4N)nc(C)c(Sc3ccnc(N)c3Cl)c2n1.Nc1nccc(Sc2c(CF)nc(N3CCC4(CC3)Cc3ccccc3[C@H]4N)n3ccnc23)c1Cl. The summed E-state index contributed by atoms with van der Waals surface area (Å²) in [5.74, 6) is 4.27. The van der Waals surface area contributed by atoms with Crippen LogP contribution < -0.4 is 53.8 Å². The summed E-state index contributed by atoms with van der Waals surface area (Å²) in [4.78, 5) is 57.7. The Morgan fingerprint density at radius 3 is 1.41 bits per heavy atom. The molecule has 10 aromatic heterocycles. The molecular formula is C77H82Cl3FN22OS3. The fourth-order valence-corrected chi connectivity index (χ4v) is 20.4. The molecule has 0 saturated carbocycles. The van der Waals surface area contributed by atoms with Gasteiger partial charge in [-0.2, -0.15) is 0 Å². The number of fused-ring (bicyclic) bond motifs is 6. The van der Waals surface area contributed by atoms with Crippen LogP contribution in [-0.4, -0.2) is 109 Å². The molecular weight excluding hydrogens is 1470 g/mol. The van der Waals surface area contributed by atoms with E-state index >= 15 is 0 Å². The average molecular weight is 1550 g/mol. The molecule has 12 aromatic rings. The normalized spacial score (nSPS) is 18.8. The number of rotatable bonds is 11. The van der Waals surface area contributed by atoms with Crippen LogP contribution in [0.25, 0.3) is 16.9 Å². The number of halogens is 4. The van der Waals surface area contributed by atoms with Crippen molar-refractivity contribution in [3.63, 3.8) is 0 Å². The minimum Gasteiger partial charge on any atom is -0.497 e. The van der Waals surface area contributed by atoms with Crippen LogP contribution >= 0.6 is 70.1 Å². The Kier molecular flexibility index (Phi) is 19.6. The van der Waals surface area contributed by atoms with Gasteiger partial charge in [0.1, 0.15) is 29.9 Å². The third-order valence-electron chi connectivity index (χ3n) is 22.7. The van der Waals surface area contributed by atoms with E-state index < -0.39 is 6.67 Å². The third-order valence-corrected chi connectivity index (χ3v) is 27.9. The summed E-state index contributed by atoms with van der Waals surface area (Å²) < 4.78 is 25.9. The Labute approximate surface area is 646 Å². The van der Waals surface area contributed by atoms with E-state index in [0.717, 1.165) is 174 Å².